The highest BCUT2D eigenvalue weighted by molar-refractivity contribution is 7.87. The lowest BCUT2D eigenvalue weighted by Gasteiger charge is -2.02. The van der Waals surface area contributed by atoms with Gasteiger partial charge in [0.2, 0.25) is 0 Å². The van der Waals surface area contributed by atoms with Crippen molar-refractivity contribution in [1.29, 1.82) is 0 Å². The van der Waals surface area contributed by atoms with E-state index in [1.54, 1.807) is 0 Å². The van der Waals surface area contributed by atoms with E-state index in [1.165, 1.54) is 0 Å². The van der Waals surface area contributed by atoms with Crippen molar-refractivity contribution in [3.63, 3.8) is 0 Å². The van der Waals surface area contributed by atoms with E-state index in [0.29, 0.717) is 7.11 Å². The van der Waals surface area contributed by atoms with E-state index in [4.69, 9.17) is 0 Å². The summed E-state index contributed by atoms with van der Waals surface area (Å²) in [4.78, 5) is 0. The highest BCUT2D eigenvalue weighted by atomic mass is 32.2. The van der Waals surface area contributed by atoms with Crippen LogP contribution in [0.25, 0.3) is 0 Å². The third kappa shape index (κ3) is 4.20. The summed E-state index contributed by atoms with van der Waals surface area (Å²) in [5.74, 6) is 0. The van der Waals surface area contributed by atoms with Crippen LogP contribution in [0, 0.1) is 0 Å². The Kier molecular flexibility index (Phi) is 5.50. The molecule has 0 aromatic heterocycles. The molecule has 0 saturated heterocycles. The number of hydrogen-bond acceptors (Lipinski definition) is 3. The van der Waals surface area contributed by atoms with E-state index in [9.17, 15) is 21.6 Å². The van der Waals surface area contributed by atoms with Gasteiger partial charge in [-0.25, -0.2) is 0 Å². The summed E-state index contributed by atoms with van der Waals surface area (Å²) < 4.78 is 55.9. The number of rotatable bonds is 1. The van der Waals surface area contributed by atoms with E-state index in [2.05, 4.69) is 4.18 Å². The third-order valence-corrected chi connectivity index (χ3v) is 1.51. The maximum absolute atomic E-state index is 11.1. The molecule has 0 rings (SSSR count). The normalized spacial score (nSPS) is 11.8. The average Bonchev–Trinajstić information content (AvgIpc) is 1.90. The fraction of sp³-hybridized carbons (Fsp3) is 1.00. The lowest BCUT2D eigenvalue weighted by molar-refractivity contribution is -0.0526. The first-order valence-corrected chi connectivity index (χ1v) is 4.09. The first kappa shape index (κ1) is 13.3. The molecule has 0 spiro atoms. The van der Waals surface area contributed by atoms with Crippen molar-refractivity contribution < 1.29 is 25.8 Å². The maximum atomic E-state index is 11.1. The molecule has 7 heteroatoms. The molecular weight excluding hydrogens is 185 g/mol. The van der Waals surface area contributed by atoms with E-state index in [0.717, 1.165) is 0 Å². The summed E-state index contributed by atoms with van der Waals surface area (Å²) in [6.07, 6.45) is 0. The maximum Gasteiger partial charge on any atom is 0.523 e. The molecule has 0 aromatic carbocycles. The number of hydrogen-bond donors (Lipinski definition) is 0. The molecule has 0 aromatic rings. The van der Waals surface area contributed by atoms with E-state index >= 15 is 0 Å². The quantitative estimate of drug-likeness (QED) is 0.469. The monoisotopic (exact) mass is 194 g/mol. The largest absolute Gasteiger partial charge is 0.523 e. The number of halogens is 3. The van der Waals surface area contributed by atoms with Gasteiger partial charge in [0, 0.05) is 0 Å². The van der Waals surface area contributed by atoms with E-state index in [-0.39, 0.29) is 0 Å². The zero-order chi connectivity index (χ0) is 9.71. The molecule has 0 fully saturated rings. The molecule has 0 radical (unpaired) electrons. The summed E-state index contributed by atoms with van der Waals surface area (Å²) in [6.45, 7) is 4.00. The van der Waals surface area contributed by atoms with Crippen molar-refractivity contribution in [1.82, 2.24) is 0 Å². The van der Waals surface area contributed by atoms with Gasteiger partial charge in [-0.05, 0) is 0 Å². The van der Waals surface area contributed by atoms with Crippen LogP contribution in [0.4, 0.5) is 13.2 Å². The smallest absolute Gasteiger partial charge is 0.267 e. The van der Waals surface area contributed by atoms with Gasteiger partial charge >= 0.3 is 15.6 Å². The molecule has 0 amide bonds. The van der Waals surface area contributed by atoms with Gasteiger partial charge in [0.05, 0.1) is 7.11 Å². The summed E-state index contributed by atoms with van der Waals surface area (Å²) >= 11 is 0. The van der Waals surface area contributed by atoms with Gasteiger partial charge in [0.15, 0.2) is 0 Å². The van der Waals surface area contributed by atoms with Crippen molar-refractivity contribution in [2.75, 3.05) is 7.11 Å². The Morgan fingerprint density at radius 1 is 1.18 bits per heavy atom. The second-order valence-corrected chi connectivity index (χ2v) is 2.77. The van der Waals surface area contributed by atoms with Gasteiger partial charge in [0.1, 0.15) is 0 Å². The Bertz CT molecular complexity index is 181. The lowest BCUT2D eigenvalue weighted by atomic mass is 11.0. The SMILES string of the molecule is CC.COS(=O)(=O)C(F)(F)F. The minimum absolute atomic E-state index is 0.447. The second-order valence-electron chi connectivity index (χ2n) is 1.07. The molecule has 0 aliphatic carbocycles. The molecule has 3 nitrogen and oxygen atoms in total. The molecule has 0 unspecified atom stereocenters. The molecule has 11 heavy (non-hydrogen) atoms. The zero-order valence-corrected chi connectivity index (χ0v) is 7.08. The van der Waals surface area contributed by atoms with Crippen LogP contribution in [-0.2, 0) is 14.3 Å². The minimum Gasteiger partial charge on any atom is -0.267 e. The molecule has 0 N–H and O–H groups in total. The molecule has 0 heterocycles. The topological polar surface area (TPSA) is 43.4 Å². The molecule has 0 aliphatic rings. The van der Waals surface area contributed by atoms with Crippen molar-refractivity contribution in [3.05, 3.63) is 0 Å². The molecule has 70 valence electrons. The van der Waals surface area contributed by atoms with Crippen molar-refractivity contribution in [3.8, 4) is 0 Å². The summed E-state index contributed by atoms with van der Waals surface area (Å²) in [5, 5.41) is 0. The standard InChI is InChI=1S/C2H3F3O3S.C2H6/c1-8-9(6,7)2(3,4)5;1-2/h1H3;1-2H3. The molecular formula is C4H9F3O3S. The average molecular weight is 194 g/mol. The van der Waals surface area contributed by atoms with Crippen LogP contribution in [0.2, 0.25) is 0 Å². The summed E-state index contributed by atoms with van der Waals surface area (Å²) in [7, 11) is -4.89. The predicted molar refractivity (Wildman–Crippen MR) is 33.3 cm³/mol. The Hall–Kier alpha value is -0.300. The van der Waals surface area contributed by atoms with Crippen molar-refractivity contribution in [2.45, 2.75) is 19.4 Å². The minimum atomic E-state index is -5.34. The van der Waals surface area contributed by atoms with Crippen molar-refractivity contribution in [2.24, 2.45) is 0 Å². The molecule has 0 saturated carbocycles. The Labute approximate surface area is 63.3 Å². The van der Waals surface area contributed by atoms with Crippen LogP contribution in [0.15, 0.2) is 0 Å². The van der Waals surface area contributed by atoms with E-state index in [1.807, 2.05) is 13.8 Å². The van der Waals surface area contributed by atoms with Crippen LogP contribution in [-0.4, -0.2) is 21.0 Å². The first-order valence-electron chi connectivity index (χ1n) is 2.68. The first-order chi connectivity index (χ1) is 4.81. The molecule has 0 bridgehead atoms. The Morgan fingerprint density at radius 3 is 1.45 bits per heavy atom. The highest BCUT2D eigenvalue weighted by Crippen LogP contribution is 2.23. The summed E-state index contributed by atoms with van der Waals surface area (Å²) in [5.41, 5.74) is -5.30. The highest BCUT2D eigenvalue weighted by Gasteiger charge is 2.46. The van der Waals surface area contributed by atoms with E-state index < -0.39 is 15.6 Å². The van der Waals surface area contributed by atoms with Crippen molar-refractivity contribution >= 4 is 10.1 Å². The third-order valence-electron chi connectivity index (χ3n) is 0.503. The van der Waals surface area contributed by atoms with Gasteiger partial charge in [0.25, 0.3) is 0 Å². The van der Waals surface area contributed by atoms with Crippen LogP contribution in [0.3, 0.4) is 0 Å². The predicted octanol–water partition coefficient (Wildman–Crippen LogP) is 1.51. The van der Waals surface area contributed by atoms with Gasteiger partial charge in [-0.1, -0.05) is 13.8 Å². The Morgan fingerprint density at radius 2 is 1.45 bits per heavy atom. The lowest BCUT2D eigenvalue weighted by Crippen LogP contribution is -2.23. The van der Waals surface area contributed by atoms with Crippen LogP contribution in [0.1, 0.15) is 13.8 Å². The number of alkyl halides is 3. The van der Waals surface area contributed by atoms with Crippen LogP contribution >= 0.6 is 0 Å². The van der Waals surface area contributed by atoms with Gasteiger partial charge in [-0.15, -0.1) is 0 Å². The fourth-order valence-corrected chi connectivity index (χ4v) is 0.283. The Balaban J connectivity index is 0. The van der Waals surface area contributed by atoms with Crippen LogP contribution < -0.4 is 0 Å². The van der Waals surface area contributed by atoms with Gasteiger partial charge < -0.3 is 0 Å². The molecule has 0 atom stereocenters. The molecule has 0 aliphatic heterocycles. The fourth-order valence-electron chi connectivity index (χ4n) is 0.0945. The zero-order valence-electron chi connectivity index (χ0n) is 6.27. The van der Waals surface area contributed by atoms with Gasteiger partial charge in [-0.3, -0.25) is 4.18 Å². The van der Waals surface area contributed by atoms with Gasteiger partial charge in [-0.2, -0.15) is 21.6 Å². The van der Waals surface area contributed by atoms with Crippen LogP contribution in [0.5, 0.6) is 0 Å². The second kappa shape index (κ2) is 4.55. The summed E-state index contributed by atoms with van der Waals surface area (Å²) in [6, 6.07) is 0.